The Balaban J connectivity index is 2.21. The summed E-state index contributed by atoms with van der Waals surface area (Å²) in [6.07, 6.45) is 2.99. The quantitative estimate of drug-likeness (QED) is 0.646. The summed E-state index contributed by atoms with van der Waals surface area (Å²) in [5, 5.41) is 9.46. The molecule has 1 aromatic rings. The summed E-state index contributed by atoms with van der Waals surface area (Å²) in [6.45, 7) is 3.03. The summed E-state index contributed by atoms with van der Waals surface area (Å²) in [7, 11) is 0. The van der Waals surface area contributed by atoms with Gasteiger partial charge in [0.2, 0.25) is 0 Å². The lowest BCUT2D eigenvalue weighted by Crippen LogP contribution is -2.53. The van der Waals surface area contributed by atoms with Gasteiger partial charge in [-0.05, 0) is 31.4 Å². The minimum Gasteiger partial charge on any atom is -0.481 e. The molecule has 1 saturated heterocycles. The predicted molar refractivity (Wildman–Crippen MR) is 83.8 cm³/mol. The van der Waals surface area contributed by atoms with E-state index >= 15 is 0 Å². The molecule has 0 aliphatic carbocycles. The number of unbranched alkanes of at least 4 members (excludes halogenated alkanes) is 1. The van der Waals surface area contributed by atoms with Crippen LogP contribution in [0.4, 0.5) is 5.69 Å². The van der Waals surface area contributed by atoms with Crippen molar-refractivity contribution in [3.63, 3.8) is 0 Å². The van der Waals surface area contributed by atoms with Gasteiger partial charge in [0, 0.05) is 12.2 Å². The molecule has 0 aromatic heterocycles. The lowest BCUT2D eigenvalue weighted by Gasteiger charge is -2.39. The summed E-state index contributed by atoms with van der Waals surface area (Å²) in [5.41, 5.74) is 0.867. The van der Waals surface area contributed by atoms with Gasteiger partial charge in [-0.2, -0.15) is 0 Å². The molecule has 5 heteroatoms. The van der Waals surface area contributed by atoms with Crippen LogP contribution >= 0.6 is 0 Å². The van der Waals surface area contributed by atoms with Gasteiger partial charge in [0.1, 0.15) is 6.04 Å². The fourth-order valence-electron chi connectivity index (χ4n) is 2.86. The highest BCUT2D eigenvalue weighted by Gasteiger charge is 2.42. The molecule has 5 nitrogen and oxygen atoms in total. The van der Waals surface area contributed by atoms with Gasteiger partial charge in [0.05, 0.1) is 12.5 Å². The van der Waals surface area contributed by atoms with E-state index in [4.69, 9.17) is 4.74 Å². The summed E-state index contributed by atoms with van der Waals surface area (Å²) in [5.74, 6) is -2.08. The molecular formula is C17H23NO4. The van der Waals surface area contributed by atoms with Gasteiger partial charge in [-0.3, -0.25) is 4.79 Å². The van der Waals surface area contributed by atoms with Crippen LogP contribution in [-0.4, -0.2) is 36.2 Å². The first-order valence-corrected chi connectivity index (χ1v) is 7.86. The number of piperidine rings is 1. The van der Waals surface area contributed by atoms with Crippen molar-refractivity contribution in [2.75, 3.05) is 18.1 Å². The van der Waals surface area contributed by atoms with Crippen LogP contribution in [0.1, 0.15) is 32.6 Å². The zero-order chi connectivity index (χ0) is 15.9. The second-order valence-electron chi connectivity index (χ2n) is 5.58. The Labute approximate surface area is 130 Å². The third kappa shape index (κ3) is 3.78. The molecule has 0 bridgehead atoms. The van der Waals surface area contributed by atoms with Crippen molar-refractivity contribution in [2.45, 2.75) is 38.6 Å². The summed E-state index contributed by atoms with van der Waals surface area (Å²) < 4.78 is 5.31. The Hall–Kier alpha value is -2.04. The number of hydrogen-bond donors (Lipinski definition) is 1. The molecule has 1 aliphatic heterocycles. The monoisotopic (exact) mass is 305 g/mol. The van der Waals surface area contributed by atoms with Crippen molar-refractivity contribution < 1.29 is 19.4 Å². The molecule has 0 amide bonds. The number of hydrogen-bond acceptors (Lipinski definition) is 4. The third-order valence-electron chi connectivity index (χ3n) is 4.02. The second-order valence-corrected chi connectivity index (χ2v) is 5.58. The van der Waals surface area contributed by atoms with Crippen molar-refractivity contribution in [3.8, 4) is 0 Å². The lowest BCUT2D eigenvalue weighted by molar-refractivity contribution is -0.154. The second kappa shape index (κ2) is 7.82. The van der Waals surface area contributed by atoms with Crippen molar-refractivity contribution in [3.05, 3.63) is 30.3 Å². The van der Waals surface area contributed by atoms with E-state index in [0.717, 1.165) is 24.9 Å². The first-order chi connectivity index (χ1) is 10.6. The maximum atomic E-state index is 12.4. The fourth-order valence-corrected chi connectivity index (χ4v) is 2.86. The standard InChI is InChI=1S/C17H23NO4/c1-2-3-12-22-17(21)15-14(16(19)20)10-7-11-18(15)13-8-5-4-6-9-13/h4-6,8-9,14-15H,2-3,7,10-12H2,1H3,(H,19,20). The molecule has 2 unspecified atom stereocenters. The van der Waals surface area contributed by atoms with Crippen LogP contribution in [0.25, 0.3) is 0 Å². The van der Waals surface area contributed by atoms with Crippen molar-refractivity contribution in [1.29, 1.82) is 0 Å². The Bertz CT molecular complexity index is 503. The molecule has 1 N–H and O–H groups in total. The first kappa shape index (κ1) is 16.3. The number of carboxylic acids is 1. The number of benzene rings is 1. The smallest absolute Gasteiger partial charge is 0.329 e. The highest BCUT2D eigenvalue weighted by Crippen LogP contribution is 2.30. The number of anilines is 1. The summed E-state index contributed by atoms with van der Waals surface area (Å²) in [4.78, 5) is 25.9. The maximum Gasteiger partial charge on any atom is 0.329 e. The molecule has 0 radical (unpaired) electrons. The number of carboxylic acid groups (broad SMARTS) is 1. The zero-order valence-electron chi connectivity index (χ0n) is 12.9. The van der Waals surface area contributed by atoms with E-state index in [1.165, 1.54) is 0 Å². The van der Waals surface area contributed by atoms with E-state index in [0.29, 0.717) is 19.6 Å². The molecule has 0 spiro atoms. The Kier molecular flexibility index (Phi) is 5.81. The van der Waals surface area contributed by atoms with Crippen LogP contribution < -0.4 is 4.90 Å². The van der Waals surface area contributed by atoms with Crippen molar-refractivity contribution in [2.24, 2.45) is 5.92 Å². The van der Waals surface area contributed by atoms with Crippen molar-refractivity contribution >= 4 is 17.6 Å². The highest BCUT2D eigenvalue weighted by atomic mass is 16.5. The molecule has 2 atom stereocenters. The average Bonchev–Trinajstić information content (AvgIpc) is 2.55. The lowest BCUT2D eigenvalue weighted by atomic mass is 9.88. The number of para-hydroxylation sites is 1. The van der Waals surface area contributed by atoms with Gasteiger partial charge in [-0.1, -0.05) is 31.5 Å². The topological polar surface area (TPSA) is 66.8 Å². The Morgan fingerprint density at radius 3 is 2.68 bits per heavy atom. The number of aliphatic carboxylic acids is 1. The molecule has 120 valence electrons. The first-order valence-electron chi connectivity index (χ1n) is 7.86. The normalized spacial score (nSPS) is 21.4. The molecule has 22 heavy (non-hydrogen) atoms. The molecule has 0 saturated carbocycles. The van der Waals surface area contributed by atoms with Crippen LogP contribution in [0.15, 0.2) is 30.3 Å². The molecular weight excluding hydrogens is 282 g/mol. The number of nitrogens with zero attached hydrogens (tertiary/aromatic N) is 1. The molecule has 1 fully saturated rings. The zero-order valence-corrected chi connectivity index (χ0v) is 12.9. The molecule has 1 heterocycles. The van der Waals surface area contributed by atoms with Gasteiger partial charge in [0.15, 0.2) is 0 Å². The van der Waals surface area contributed by atoms with Gasteiger partial charge in [-0.15, -0.1) is 0 Å². The Morgan fingerprint density at radius 1 is 1.32 bits per heavy atom. The van der Waals surface area contributed by atoms with Crippen molar-refractivity contribution in [1.82, 2.24) is 0 Å². The van der Waals surface area contributed by atoms with E-state index in [2.05, 4.69) is 0 Å². The largest absolute Gasteiger partial charge is 0.481 e. The SMILES string of the molecule is CCCCOC(=O)C1C(C(=O)O)CCCN1c1ccccc1. The maximum absolute atomic E-state index is 12.4. The molecule has 1 aliphatic rings. The number of carbonyl (C=O) groups is 2. The Morgan fingerprint density at radius 2 is 2.05 bits per heavy atom. The van der Waals surface area contributed by atoms with Gasteiger partial charge >= 0.3 is 11.9 Å². The molecule has 1 aromatic carbocycles. The van der Waals surface area contributed by atoms with E-state index in [1.54, 1.807) is 0 Å². The number of esters is 1. The van der Waals surface area contributed by atoms with E-state index in [1.807, 2.05) is 42.2 Å². The highest BCUT2D eigenvalue weighted by molar-refractivity contribution is 5.87. The van der Waals surface area contributed by atoms with Crippen LogP contribution in [-0.2, 0) is 14.3 Å². The average molecular weight is 305 g/mol. The number of rotatable bonds is 6. The van der Waals surface area contributed by atoms with Gasteiger partial charge < -0.3 is 14.7 Å². The summed E-state index contributed by atoms with van der Waals surface area (Å²) in [6, 6.07) is 8.73. The van der Waals surface area contributed by atoms with E-state index in [-0.39, 0.29) is 0 Å². The predicted octanol–water partition coefficient (Wildman–Crippen LogP) is 2.70. The molecule has 2 rings (SSSR count). The minimum atomic E-state index is -0.932. The van der Waals surface area contributed by atoms with Crippen LogP contribution in [0.3, 0.4) is 0 Å². The van der Waals surface area contributed by atoms with E-state index < -0.39 is 23.9 Å². The minimum absolute atomic E-state index is 0.348. The van der Waals surface area contributed by atoms with Crippen LogP contribution in [0.2, 0.25) is 0 Å². The van der Waals surface area contributed by atoms with Crippen LogP contribution in [0.5, 0.6) is 0 Å². The van der Waals surface area contributed by atoms with Crippen LogP contribution in [0, 0.1) is 5.92 Å². The number of ether oxygens (including phenoxy) is 1. The van der Waals surface area contributed by atoms with Gasteiger partial charge in [0.25, 0.3) is 0 Å². The van der Waals surface area contributed by atoms with E-state index in [9.17, 15) is 14.7 Å². The fraction of sp³-hybridized carbons (Fsp3) is 0.529. The number of carbonyl (C=O) groups excluding carboxylic acids is 1. The third-order valence-corrected chi connectivity index (χ3v) is 4.02. The summed E-state index contributed by atoms with van der Waals surface area (Å²) >= 11 is 0. The van der Waals surface area contributed by atoms with Gasteiger partial charge in [-0.25, -0.2) is 4.79 Å².